The van der Waals surface area contributed by atoms with Gasteiger partial charge in [-0.1, -0.05) is 6.07 Å². The second kappa shape index (κ2) is 7.20. The molecule has 0 saturated carbocycles. The summed E-state index contributed by atoms with van der Waals surface area (Å²) in [6.45, 7) is 11.1. The van der Waals surface area contributed by atoms with E-state index in [4.69, 9.17) is 4.74 Å². The molecule has 0 unspecified atom stereocenters. The van der Waals surface area contributed by atoms with E-state index in [0.717, 1.165) is 22.3 Å². The lowest BCUT2D eigenvalue weighted by Gasteiger charge is -2.16. The Labute approximate surface area is 122 Å². The average Bonchev–Trinajstić information content (AvgIpc) is 2.36. The number of aryl methyl sites for hydroxylation is 2. The van der Waals surface area contributed by atoms with Gasteiger partial charge in [0.15, 0.2) is 0 Å². The van der Waals surface area contributed by atoms with Crippen LogP contribution in [0.1, 0.15) is 35.6 Å². The lowest BCUT2D eigenvalue weighted by molar-refractivity contribution is 0.146. The summed E-state index contributed by atoms with van der Waals surface area (Å²) in [5.74, 6) is 0. The Kier molecular flexibility index (Phi) is 6.17. The van der Waals surface area contributed by atoms with Crippen molar-refractivity contribution < 1.29 is 13.2 Å². The Bertz CT molecular complexity index is 539. The predicted molar refractivity (Wildman–Crippen MR) is 81.7 cm³/mol. The van der Waals surface area contributed by atoms with Gasteiger partial charge in [-0.3, -0.25) is 0 Å². The number of benzene rings is 1. The molecule has 20 heavy (non-hydrogen) atoms. The smallest absolute Gasteiger partial charge is 0.241 e. The van der Waals surface area contributed by atoms with Crippen LogP contribution in [0.15, 0.2) is 11.0 Å². The van der Waals surface area contributed by atoms with Crippen LogP contribution < -0.4 is 4.72 Å². The summed E-state index contributed by atoms with van der Waals surface area (Å²) >= 11 is 0. The molecule has 0 heterocycles. The van der Waals surface area contributed by atoms with Crippen molar-refractivity contribution in [2.24, 2.45) is 0 Å². The third kappa shape index (κ3) is 4.04. The molecule has 0 saturated heterocycles. The van der Waals surface area contributed by atoms with Crippen molar-refractivity contribution in [2.75, 3.05) is 19.8 Å². The molecular formula is C15H25NO3S. The largest absolute Gasteiger partial charge is 0.382 e. The Hall–Kier alpha value is -0.910. The van der Waals surface area contributed by atoms with Gasteiger partial charge in [-0.25, -0.2) is 13.1 Å². The van der Waals surface area contributed by atoms with E-state index in [-0.39, 0.29) is 0 Å². The molecule has 0 fully saturated rings. The fourth-order valence-corrected chi connectivity index (χ4v) is 3.87. The number of sulfonamides is 1. The van der Waals surface area contributed by atoms with Crippen molar-refractivity contribution in [1.29, 1.82) is 0 Å². The van der Waals surface area contributed by atoms with Crippen LogP contribution in [0.5, 0.6) is 0 Å². The van der Waals surface area contributed by atoms with Crippen LogP contribution in [0.2, 0.25) is 0 Å². The highest BCUT2D eigenvalue weighted by Gasteiger charge is 2.21. The number of nitrogens with one attached hydrogen (secondary N) is 1. The van der Waals surface area contributed by atoms with Gasteiger partial charge in [0.25, 0.3) is 0 Å². The van der Waals surface area contributed by atoms with Crippen molar-refractivity contribution in [3.8, 4) is 0 Å². The third-order valence-electron chi connectivity index (χ3n) is 3.53. The normalized spacial score (nSPS) is 11.8. The maximum absolute atomic E-state index is 12.5. The van der Waals surface area contributed by atoms with Gasteiger partial charge < -0.3 is 4.74 Å². The summed E-state index contributed by atoms with van der Waals surface area (Å²) in [5.41, 5.74) is 3.65. The first-order valence-electron chi connectivity index (χ1n) is 6.96. The molecule has 0 aliphatic heterocycles. The molecule has 1 N–H and O–H groups in total. The summed E-state index contributed by atoms with van der Waals surface area (Å²) < 4.78 is 32.8. The number of hydrogen-bond donors (Lipinski definition) is 1. The zero-order valence-electron chi connectivity index (χ0n) is 13.0. The van der Waals surface area contributed by atoms with Gasteiger partial charge >= 0.3 is 0 Å². The maximum Gasteiger partial charge on any atom is 0.241 e. The molecule has 0 bridgehead atoms. The quantitative estimate of drug-likeness (QED) is 0.787. The molecule has 0 amide bonds. The minimum atomic E-state index is -3.46. The van der Waals surface area contributed by atoms with E-state index in [0.29, 0.717) is 31.1 Å². The Morgan fingerprint density at radius 2 is 1.65 bits per heavy atom. The van der Waals surface area contributed by atoms with E-state index < -0.39 is 10.0 Å². The Morgan fingerprint density at radius 1 is 1.10 bits per heavy atom. The van der Waals surface area contributed by atoms with Crippen LogP contribution in [-0.4, -0.2) is 28.2 Å². The zero-order chi connectivity index (χ0) is 15.3. The lowest BCUT2D eigenvalue weighted by Crippen LogP contribution is -2.27. The van der Waals surface area contributed by atoms with E-state index >= 15 is 0 Å². The average molecular weight is 299 g/mol. The molecular weight excluding hydrogens is 274 g/mol. The molecule has 1 aromatic carbocycles. The molecule has 0 radical (unpaired) electrons. The van der Waals surface area contributed by atoms with Crippen LogP contribution in [0, 0.1) is 27.7 Å². The molecule has 1 rings (SSSR count). The van der Waals surface area contributed by atoms with E-state index in [1.807, 2.05) is 40.7 Å². The van der Waals surface area contributed by atoms with Crippen LogP contribution in [0.3, 0.4) is 0 Å². The van der Waals surface area contributed by atoms with Crippen molar-refractivity contribution in [2.45, 2.75) is 45.9 Å². The first kappa shape index (κ1) is 17.1. The number of hydrogen-bond acceptors (Lipinski definition) is 3. The summed E-state index contributed by atoms with van der Waals surface area (Å²) in [6.07, 6.45) is 0.677. The van der Waals surface area contributed by atoms with Gasteiger partial charge in [0.1, 0.15) is 0 Å². The zero-order valence-corrected chi connectivity index (χ0v) is 13.9. The summed E-state index contributed by atoms with van der Waals surface area (Å²) in [6, 6.07) is 2.03. The highest BCUT2D eigenvalue weighted by atomic mass is 32.2. The van der Waals surface area contributed by atoms with Crippen molar-refractivity contribution >= 4 is 10.0 Å². The second-order valence-electron chi connectivity index (χ2n) is 5.04. The Balaban J connectivity index is 2.93. The molecule has 0 aliphatic rings. The van der Waals surface area contributed by atoms with E-state index in [2.05, 4.69) is 4.72 Å². The highest BCUT2D eigenvalue weighted by molar-refractivity contribution is 7.89. The van der Waals surface area contributed by atoms with Crippen LogP contribution >= 0.6 is 0 Å². The van der Waals surface area contributed by atoms with Gasteiger partial charge in [0.05, 0.1) is 4.90 Å². The highest BCUT2D eigenvalue weighted by Crippen LogP contribution is 2.25. The molecule has 0 atom stereocenters. The van der Waals surface area contributed by atoms with Gasteiger partial charge in [-0.2, -0.15) is 0 Å². The van der Waals surface area contributed by atoms with Crippen LogP contribution in [0.25, 0.3) is 0 Å². The second-order valence-corrected chi connectivity index (χ2v) is 6.74. The van der Waals surface area contributed by atoms with E-state index in [9.17, 15) is 8.42 Å². The van der Waals surface area contributed by atoms with Gasteiger partial charge in [0.2, 0.25) is 10.0 Å². The molecule has 4 nitrogen and oxygen atoms in total. The molecule has 0 aliphatic carbocycles. The van der Waals surface area contributed by atoms with Gasteiger partial charge in [-0.05, 0) is 63.3 Å². The number of ether oxygens (including phenoxy) is 1. The standard InChI is InChI=1S/C15H25NO3S/c1-6-19-9-7-8-16-20(17,18)15-13(4)11(2)10-12(3)14(15)5/h10,16H,6-9H2,1-5H3. The van der Waals surface area contributed by atoms with Crippen LogP contribution in [-0.2, 0) is 14.8 Å². The van der Waals surface area contributed by atoms with Crippen LogP contribution in [0.4, 0.5) is 0 Å². The molecule has 114 valence electrons. The van der Waals surface area contributed by atoms with Crippen molar-refractivity contribution in [3.63, 3.8) is 0 Å². The first-order valence-corrected chi connectivity index (χ1v) is 8.44. The third-order valence-corrected chi connectivity index (χ3v) is 5.26. The Morgan fingerprint density at radius 3 is 2.15 bits per heavy atom. The monoisotopic (exact) mass is 299 g/mol. The molecule has 0 aromatic heterocycles. The minimum absolute atomic E-state index is 0.397. The fourth-order valence-electron chi connectivity index (χ4n) is 2.18. The maximum atomic E-state index is 12.5. The molecule has 5 heteroatoms. The van der Waals surface area contributed by atoms with Gasteiger partial charge in [0, 0.05) is 19.8 Å². The first-order chi connectivity index (χ1) is 9.31. The molecule has 0 spiro atoms. The topological polar surface area (TPSA) is 55.4 Å². The fraction of sp³-hybridized carbons (Fsp3) is 0.600. The SMILES string of the molecule is CCOCCCNS(=O)(=O)c1c(C)c(C)cc(C)c1C. The minimum Gasteiger partial charge on any atom is -0.382 e. The van der Waals surface area contributed by atoms with E-state index in [1.165, 1.54) is 0 Å². The predicted octanol–water partition coefficient (Wildman–Crippen LogP) is 2.63. The van der Waals surface area contributed by atoms with E-state index in [1.54, 1.807) is 0 Å². The molecule has 1 aromatic rings. The lowest BCUT2D eigenvalue weighted by atomic mass is 10.0. The van der Waals surface area contributed by atoms with Gasteiger partial charge in [-0.15, -0.1) is 0 Å². The summed E-state index contributed by atoms with van der Waals surface area (Å²) in [7, 11) is -3.46. The number of rotatable bonds is 7. The van der Waals surface area contributed by atoms with Crippen molar-refractivity contribution in [3.05, 3.63) is 28.3 Å². The summed E-state index contributed by atoms with van der Waals surface area (Å²) in [4.78, 5) is 0.423. The summed E-state index contributed by atoms with van der Waals surface area (Å²) in [5, 5.41) is 0. The van der Waals surface area contributed by atoms with Crippen molar-refractivity contribution in [1.82, 2.24) is 4.72 Å².